The summed E-state index contributed by atoms with van der Waals surface area (Å²) in [4.78, 5) is 13.0. The van der Waals surface area contributed by atoms with Crippen LogP contribution in [0.5, 0.6) is 0 Å². The van der Waals surface area contributed by atoms with Gasteiger partial charge in [-0.25, -0.2) is 4.79 Å². The number of thiophene rings is 1. The average Bonchev–Trinajstić information content (AvgIpc) is 3.45. The normalized spacial score (nSPS) is 21.9. The highest BCUT2D eigenvalue weighted by Gasteiger charge is 2.40. The number of methoxy groups -OCH3 is 1. The van der Waals surface area contributed by atoms with Crippen LogP contribution in [0.2, 0.25) is 0 Å². The SMILES string of the molecule is CC.CCC1(C(O)C/C=C/[C@H]2CC[C@@H](C#N)C2)CCC1.CCCc1ccc(C(=O)OC)s1. The summed E-state index contributed by atoms with van der Waals surface area (Å²) in [5, 5.41) is 19.1. The summed E-state index contributed by atoms with van der Waals surface area (Å²) in [6, 6.07) is 6.17. The van der Waals surface area contributed by atoms with E-state index in [1.807, 2.05) is 26.0 Å². The molecule has 4 nitrogen and oxygen atoms in total. The fraction of sp³-hybridized carbons (Fsp3) is 0.704. The average molecular weight is 462 g/mol. The molecule has 1 heterocycles. The highest BCUT2D eigenvalue weighted by atomic mass is 32.1. The standard InChI is InChI=1S/C16H25NO.C9H12O2S.C2H6/c1-2-16(9-4-10-16)15(18)6-3-5-13-7-8-14(11-13)12-17;1-3-4-7-5-6-8(12-7)9(10)11-2;1-2/h3,5,13-15,18H,2,4,6-11H2,1H3;5-6H,3-4H2,1-2H3;1-2H3/b5-3+;;/t13-,14+,15?;;/m0../s1. The Labute approximate surface area is 199 Å². The van der Waals surface area contributed by atoms with E-state index in [1.165, 1.54) is 42.6 Å². The van der Waals surface area contributed by atoms with Crippen molar-refractivity contribution in [3.63, 3.8) is 0 Å². The first kappa shape index (κ1) is 28.4. The molecule has 1 aromatic rings. The van der Waals surface area contributed by atoms with Crippen LogP contribution in [-0.4, -0.2) is 24.3 Å². The molecule has 0 amide bonds. The van der Waals surface area contributed by atoms with Crippen LogP contribution in [0.15, 0.2) is 24.3 Å². The van der Waals surface area contributed by atoms with Gasteiger partial charge in [-0.2, -0.15) is 5.26 Å². The number of carbonyl (C=O) groups excluding carboxylic acids is 1. The summed E-state index contributed by atoms with van der Waals surface area (Å²) in [6.45, 7) is 8.32. The van der Waals surface area contributed by atoms with Crippen LogP contribution in [-0.2, 0) is 11.2 Å². The number of hydrogen-bond acceptors (Lipinski definition) is 5. The molecular weight excluding hydrogens is 418 g/mol. The summed E-state index contributed by atoms with van der Waals surface area (Å²) < 4.78 is 4.60. The number of nitrogens with zero attached hydrogens (tertiary/aromatic N) is 1. The van der Waals surface area contributed by atoms with Crippen molar-refractivity contribution in [3.8, 4) is 6.07 Å². The van der Waals surface area contributed by atoms with Crippen LogP contribution in [0.3, 0.4) is 0 Å². The minimum Gasteiger partial charge on any atom is -0.465 e. The third kappa shape index (κ3) is 8.37. The fourth-order valence-electron chi connectivity index (χ4n) is 4.48. The Morgan fingerprint density at radius 3 is 2.56 bits per heavy atom. The Hall–Kier alpha value is -1.64. The van der Waals surface area contributed by atoms with E-state index in [4.69, 9.17) is 5.26 Å². The maximum Gasteiger partial charge on any atom is 0.348 e. The molecule has 32 heavy (non-hydrogen) atoms. The summed E-state index contributed by atoms with van der Waals surface area (Å²) in [7, 11) is 1.40. The number of allylic oxidation sites excluding steroid dienone is 1. The smallest absolute Gasteiger partial charge is 0.348 e. The molecule has 1 N–H and O–H groups in total. The maximum absolute atomic E-state index is 11.0. The van der Waals surface area contributed by atoms with Crippen LogP contribution in [0.4, 0.5) is 0 Å². The van der Waals surface area contributed by atoms with Crippen LogP contribution < -0.4 is 0 Å². The molecular formula is C27H43NO3S. The van der Waals surface area contributed by atoms with Gasteiger partial charge in [0.25, 0.3) is 0 Å². The number of aliphatic hydroxyl groups is 1. The zero-order valence-electron chi connectivity index (χ0n) is 20.7. The van der Waals surface area contributed by atoms with Gasteiger partial charge in [-0.3, -0.25) is 0 Å². The van der Waals surface area contributed by atoms with Crippen molar-refractivity contribution in [2.75, 3.05) is 7.11 Å². The number of esters is 1. The molecule has 0 radical (unpaired) electrons. The van der Waals surface area contributed by atoms with Crippen molar-refractivity contribution in [1.82, 2.24) is 0 Å². The fourth-order valence-corrected chi connectivity index (χ4v) is 5.51. The first-order valence-corrected chi connectivity index (χ1v) is 13.2. The van der Waals surface area contributed by atoms with Crippen LogP contribution in [0, 0.1) is 28.6 Å². The topological polar surface area (TPSA) is 70.3 Å². The van der Waals surface area contributed by atoms with Crippen molar-refractivity contribution in [2.45, 2.75) is 98.0 Å². The van der Waals surface area contributed by atoms with Crippen molar-refractivity contribution in [1.29, 1.82) is 5.26 Å². The lowest BCUT2D eigenvalue weighted by Crippen LogP contribution is -2.40. The first-order valence-electron chi connectivity index (χ1n) is 12.4. The number of hydrogen-bond donors (Lipinski definition) is 1. The largest absolute Gasteiger partial charge is 0.465 e. The van der Waals surface area contributed by atoms with E-state index in [9.17, 15) is 9.90 Å². The number of aryl methyl sites for hydroxylation is 1. The minimum absolute atomic E-state index is 0.166. The third-order valence-electron chi connectivity index (χ3n) is 6.73. The second-order valence-corrected chi connectivity index (χ2v) is 9.82. The second-order valence-electron chi connectivity index (χ2n) is 8.66. The molecule has 3 rings (SSSR count). The van der Waals surface area contributed by atoms with E-state index >= 15 is 0 Å². The summed E-state index contributed by atoms with van der Waals surface area (Å²) >= 11 is 1.52. The number of aliphatic hydroxyl groups excluding tert-OH is 1. The molecule has 2 aliphatic rings. The van der Waals surface area contributed by atoms with E-state index in [0.717, 1.165) is 44.9 Å². The van der Waals surface area contributed by atoms with Gasteiger partial charge in [-0.05, 0) is 74.8 Å². The monoisotopic (exact) mass is 461 g/mol. The molecule has 0 bridgehead atoms. The minimum atomic E-state index is -0.234. The summed E-state index contributed by atoms with van der Waals surface area (Å²) in [6.07, 6.45) is 15.1. The van der Waals surface area contributed by atoms with E-state index in [0.29, 0.717) is 10.8 Å². The lowest BCUT2D eigenvalue weighted by molar-refractivity contribution is -0.0355. The van der Waals surface area contributed by atoms with E-state index in [2.05, 4.69) is 36.8 Å². The van der Waals surface area contributed by atoms with Gasteiger partial charge in [0.05, 0.1) is 19.3 Å². The molecule has 180 valence electrons. The van der Waals surface area contributed by atoms with E-state index < -0.39 is 0 Å². The first-order chi connectivity index (χ1) is 15.5. The van der Waals surface area contributed by atoms with Gasteiger partial charge >= 0.3 is 5.97 Å². The lowest BCUT2D eigenvalue weighted by atomic mass is 9.63. The molecule has 5 heteroatoms. The Balaban J connectivity index is 0.000000318. The maximum atomic E-state index is 11.0. The third-order valence-corrected chi connectivity index (χ3v) is 7.85. The molecule has 0 aliphatic heterocycles. The molecule has 0 saturated heterocycles. The van der Waals surface area contributed by atoms with Crippen molar-refractivity contribution < 1.29 is 14.6 Å². The molecule has 0 aromatic carbocycles. The highest BCUT2D eigenvalue weighted by molar-refractivity contribution is 7.13. The van der Waals surface area contributed by atoms with Crippen molar-refractivity contribution in [2.24, 2.45) is 17.3 Å². The second kappa shape index (κ2) is 15.2. The van der Waals surface area contributed by atoms with Crippen LogP contribution in [0.25, 0.3) is 0 Å². The molecule has 1 unspecified atom stereocenters. The summed E-state index contributed by atoms with van der Waals surface area (Å²) in [5.41, 5.74) is 0.217. The predicted molar refractivity (Wildman–Crippen MR) is 134 cm³/mol. The number of ether oxygens (including phenoxy) is 1. The molecule has 2 fully saturated rings. The molecule has 2 aliphatic carbocycles. The van der Waals surface area contributed by atoms with Gasteiger partial charge in [-0.1, -0.05) is 52.7 Å². The van der Waals surface area contributed by atoms with Gasteiger partial charge in [0.2, 0.25) is 0 Å². The van der Waals surface area contributed by atoms with E-state index in [-0.39, 0.29) is 23.4 Å². The number of rotatable bonds is 8. The number of carbonyl (C=O) groups is 1. The van der Waals surface area contributed by atoms with Gasteiger partial charge in [0, 0.05) is 10.8 Å². The Kier molecular flexibility index (Phi) is 13.5. The van der Waals surface area contributed by atoms with Crippen molar-refractivity contribution in [3.05, 3.63) is 34.0 Å². The predicted octanol–water partition coefficient (Wildman–Crippen LogP) is 7.33. The molecule has 1 aromatic heterocycles. The quantitative estimate of drug-likeness (QED) is 0.325. The molecule has 2 saturated carbocycles. The summed E-state index contributed by atoms with van der Waals surface area (Å²) in [5.74, 6) is 0.598. The zero-order valence-corrected chi connectivity index (χ0v) is 21.5. The molecule has 0 spiro atoms. The van der Waals surface area contributed by atoms with E-state index in [1.54, 1.807) is 0 Å². The Morgan fingerprint density at radius 2 is 2.06 bits per heavy atom. The highest BCUT2D eigenvalue weighted by Crippen LogP contribution is 2.47. The van der Waals surface area contributed by atoms with Crippen molar-refractivity contribution >= 4 is 17.3 Å². The zero-order chi connectivity index (χ0) is 24.0. The van der Waals surface area contributed by atoms with Crippen LogP contribution in [0.1, 0.15) is 100 Å². The van der Waals surface area contributed by atoms with Gasteiger partial charge in [-0.15, -0.1) is 11.3 Å². The van der Waals surface area contributed by atoms with Gasteiger partial charge in [0.1, 0.15) is 4.88 Å². The number of nitriles is 1. The molecule has 3 atom stereocenters. The Bertz CT molecular complexity index is 724. The van der Waals surface area contributed by atoms with Gasteiger partial charge in [0.15, 0.2) is 0 Å². The van der Waals surface area contributed by atoms with Gasteiger partial charge < -0.3 is 9.84 Å². The Morgan fingerprint density at radius 1 is 1.34 bits per heavy atom. The van der Waals surface area contributed by atoms with Crippen LogP contribution >= 0.6 is 11.3 Å². The lowest BCUT2D eigenvalue weighted by Gasteiger charge is -2.45.